The van der Waals surface area contributed by atoms with Gasteiger partial charge in [-0.2, -0.15) is 0 Å². The second kappa shape index (κ2) is 9.03. The number of pyridine rings is 1. The summed E-state index contributed by atoms with van der Waals surface area (Å²) >= 11 is 0. The lowest BCUT2D eigenvalue weighted by molar-refractivity contribution is 0.114. The highest BCUT2D eigenvalue weighted by atomic mass is 127. The Morgan fingerprint density at radius 3 is 2.72 bits per heavy atom. The quantitative estimate of drug-likeness (QED) is 0.406. The smallest absolute Gasteiger partial charge is 0.213 e. The van der Waals surface area contributed by atoms with Crippen molar-refractivity contribution in [1.29, 1.82) is 0 Å². The normalized spacial score (nSPS) is 14.4. The Kier molecular flexibility index (Phi) is 7.04. The summed E-state index contributed by atoms with van der Waals surface area (Å²) in [6.45, 7) is 4.66. The highest BCUT2D eigenvalue weighted by molar-refractivity contribution is 14.0. The van der Waals surface area contributed by atoms with Crippen LogP contribution in [0.1, 0.15) is 36.0 Å². The number of aromatic nitrogens is 1. The number of hydrogen-bond donors (Lipinski definition) is 2. The van der Waals surface area contributed by atoms with Crippen LogP contribution in [0.15, 0.2) is 41.5 Å². The van der Waals surface area contributed by atoms with E-state index in [-0.39, 0.29) is 24.0 Å². The number of nitrogens with one attached hydrogen (secondary N) is 1. The van der Waals surface area contributed by atoms with Gasteiger partial charge in [-0.25, -0.2) is 9.98 Å². The molecule has 0 atom stereocenters. The summed E-state index contributed by atoms with van der Waals surface area (Å²) in [6.07, 6.45) is 5.57. The molecular formula is C19H25IN4O. The molecule has 0 radical (unpaired) electrons. The Balaban J connectivity index is 0.00000225. The van der Waals surface area contributed by atoms with E-state index in [4.69, 9.17) is 10.5 Å². The average Bonchev–Trinajstić information content (AvgIpc) is 2.53. The number of ether oxygens (including phenoxy) is 1. The van der Waals surface area contributed by atoms with Gasteiger partial charge in [0.15, 0.2) is 5.96 Å². The third kappa shape index (κ3) is 5.59. The number of rotatable bonds is 5. The van der Waals surface area contributed by atoms with Crippen LogP contribution in [-0.2, 0) is 6.54 Å². The first kappa shape index (κ1) is 19.5. The van der Waals surface area contributed by atoms with Gasteiger partial charge in [0.1, 0.15) is 6.10 Å². The fraction of sp³-hybridized carbons (Fsp3) is 0.368. The zero-order chi connectivity index (χ0) is 16.9. The van der Waals surface area contributed by atoms with Gasteiger partial charge in [-0.1, -0.05) is 6.07 Å². The van der Waals surface area contributed by atoms with Crippen LogP contribution in [0.4, 0.5) is 5.69 Å². The molecule has 0 amide bonds. The molecule has 134 valence electrons. The summed E-state index contributed by atoms with van der Waals surface area (Å²) in [4.78, 5) is 8.65. The van der Waals surface area contributed by atoms with Gasteiger partial charge >= 0.3 is 0 Å². The number of aliphatic imine (C=N–C) groups is 1. The molecule has 5 nitrogen and oxygen atoms in total. The standard InChI is InChI=1S/C19H24N4O.HI/c1-13-6-7-16(10-14(13)2)23-19(20)22-12-15-8-9-21-18(11-15)24-17-4-3-5-17;/h6-11,17H,3-5,12H2,1-2H3,(H3,20,22,23);1H. The predicted molar refractivity (Wildman–Crippen MR) is 113 cm³/mol. The van der Waals surface area contributed by atoms with Gasteiger partial charge in [0, 0.05) is 18.0 Å². The molecule has 1 fully saturated rings. The molecular weight excluding hydrogens is 427 g/mol. The van der Waals surface area contributed by atoms with Crippen molar-refractivity contribution >= 4 is 35.6 Å². The van der Waals surface area contributed by atoms with E-state index in [2.05, 4.69) is 41.3 Å². The first-order chi connectivity index (χ1) is 11.6. The summed E-state index contributed by atoms with van der Waals surface area (Å²) < 4.78 is 5.81. The lowest BCUT2D eigenvalue weighted by atomic mass is 9.96. The molecule has 0 aliphatic heterocycles. The Morgan fingerprint density at radius 1 is 1.24 bits per heavy atom. The van der Waals surface area contributed by atoms with E-state index in [0.717, 1.165) is 24.1 Å². The number of benzene rings is 1. The molecule has 0 spiro atoms. The van der Waals surface area contributed by atoms with Crippen molar-refractivity contribution in [3.05, 3.63) is 53.2 Å². The minimum atomic E-state index is 0. The van der Waals surface area contributed by atoms with Gasteiger partial charge < -0.3 is 15.8 Å². The van der Waals surface area contributed by atoms with Gasteiger partial charge in [-0.3, -0.25) is 0 Å². The van der Waals surface area contributed by atoms with Crippen molar-refractivity contribution in [2.24, 2.45) is 10.7 Å². The second-order valence-electron chi connectivity index (χ2n) is 6.30. The molecule has 0 unspecified atom stereocenters. The van der Waals surface area contributed by atoms with Crippen molar-refractivity contribution < 1.29 is 4.74 Å². The molecule has 0 saturated heterocycles. The first-order valence-corrected chi connectivity index (χ1v) is 8.36. The van der Waals surface area contributed by atoms with Crippen LogP contribution in [0.5, 0.6) is 5.88 Å². The zero-order valence-electron chi connectivity index (χ0n) is 14.7. The van der Waals surface area contributed by atoms with Gasteiger partial charge in [0.2, 0.25) is 5.88 Å². The molecule has 2 aromatic rings. The molecule has 3 rings (SSSR count). The lowest BCUT2D eigenvalue weighted by Crippen LogP contribution is -2.25. The second-order valence-corrected chi connectivity index (χ2v) is 6.30. The summed E-state index contributed by atoms with van der Waals surface area (Å²) in [5.74, 6) is 1.07. The SMILES string of the molecule is Cc1ccc(NC(N)=NCc2ccnc(OC3CCC3)c2)cc1C.I. The number of nitrogens with two attached hydrogens (primary N) is 1. The Bertz CT molecular complexity index is 744. The molecule has 1 heterocycles. The van der Waals surface area contributed by atoms with Crippen LogP contribution < -0.4 is 15.8 Å². The van der Waals surface area contributed by atoms with Crippen LogP contribution in [0.2, 0.25) is 0 Å². The van der Waals surface area contributed by atoms with Crippen LogP contribution in [0.25, 0.3) is 0 Å². The molecule has 1 aliphatic rings. The highest BCUT2D eigenvalue weighted by Gasteiger charge is 2.19. The molecule has 1 aromatic carbocycles. The minimum Gasteiger partial charge on any atom is -0.474 e. The van der Waals surface area contributed by atoms with E-state index < -0.39 is 0 Å². The van der Waals surface area contributed by atoms with Gasteiger partial charge in [0.25, 0.3) is 0 Å². The number of halogens is 1. The fourth-order valence-corrected chi connectivity index (χ4v) is 2.46. The Labute approximate surface area is 166 Å². The van der Waals surface area contributed by atoms with Crippen molar-refractivity contribution in [3.8, 4) is 5.88 Å². The monoisotopic (exact) mass is 452 g/mol. The Hall–Kier alpha value is -1.83. The van der Waals surface area contributed by atoms with Crippen LogP contribution >= 0.6 is 24.0 Å². The largest absolute Gasteiger partial charge is 0.474 e. The number of hydrogen-bond acceptors (Lipinski definition) is 3. The van der Waals surface area contributed by atoms with Crippen molar-refractivity contribution in [3.63, 3.8) is 0 Å². The summed E-state index contributed by atoms with van der Waals surface area (Å²) in [5.41, 5.74) is 10.4. The maximum atomic E-state index is 5.98. The fourth-order valence-electron chi connectivity index (χ4n) is 2.46. The van der Waals surface area contributed by atoms with Crippen molar-refractivity contribution in [2.45, 2.75) is 45.8 Å². The first-order valence-electron chi connectivity index (χ1n) is 8.36. The van der Waals surface area contributed by atoms with Crippen LogP contribution in [-0.4, -0.2) is 17.0 Å². The maximum absolute atomic E-state index is 5.98. The Morgan fingerprint density at radius 2 is 2.04 bits per heavy atom. The van der Waals surface area contributed by atoms with E-state index in [1.807, 2.05) is 18.2 Å². The minimum absolute atomic E-state index is 0. The van der Waals surface area contributed by atoms with E-state index in [0.29, 0.717) is 24.5 Å². The molecule has 25 heavy (non-hydrogen) atoms. The molecule has 0 bridgehead atoms. The third-order valence-electron chi connectivity index (χ3n) is 4.35. The van der Waals surface area contributed by atoms with Crippen molar-refractivity contribution in [1.82, 2.24) is 4.98 Å². The van der Waals surface area contributed by atoms with Gasteiger partial charge in [-0.05, 0) is 68.0 Å². The van der Waals surface area contributed by atoms with Crippen molar-refractivity contribution in [2.75, 3.05) is 5.32 Å². The zero-order valence-corrected chi connectivity index (χ0v) is 17.0. The van der Waals surface area contributed by atoms with E-state index >= 15 is 0 Å². The molecule has 1 aliphatic carbocycles. The van der Waals surface area contributed by atoms with Crippen LogP contribution in [0.3, 0.4) is 0 Å². The molecule has 1 saturated carbocycles. The number of aryl methyl sites for hydroxylation is 2. The topological polar surface area (TPSA) is 72.5 Å². The summed E-state index contributed by atoms with van der Waals surface area (Å²) in [7, 11) is 0. The average molecular weight is 452 g/mol. The predicted octanol–water partition coefficient (Wildman–Crippen LogP) is 4.17. The maximum Gasteiger partial charge on any atom is 0.213 e. The number of anilines is 1. The summed E-state index contributed by atoms with van der Waals surface area (Å²) in [6, 6.07) is 10.00. The number of nitrogens with zero attached hydrogens (tertiary/aromatic N) is 2. The van der Waals surface area contributed by atoms with E-state index in [9.17, 15) is 0 Å². The van der Waals surface area contributed by atoms with Gasteiger partial charge in [0.05, 0.1) is 6.54 Å². The van der Waals surface area contributed by atoms with E-state index in [1.165, 1.54) is 17.5 Å². The lowest BCUT2D eigenvalue weighted by Gasteiger charge is -2.25. The van der Waals surface area contributed by atoms with E-state index in [1.54, 1.807) is 6.20 Å². The van der Waals surface area contributed by atoms with Crippen LogP contribution in [0, 0.1) is 13.8 Å². The highest BCUT2D eigenvalue weighted by Crippen LogP contribution is 2.24. The molecule has 3 N–H and O–H groups in total. The summed E-state index contributed by atoms with van der Waals surface area (Å²) in [5, 5.41) is 3.13. The third-order valence-corrected chi connectivity index (χ3v) is 4.35. The van der Waals surface area contributed by atoms with Gasteiger partial charge in [-0.15, -0.1) is 24.0 Å². The molecule has 6 heteroatoms. The molecule has 1 aromatic heterocycles. The number of guanidine groups is 1.